The monoisotopic (exact) mass is 327 g/mol. The number of nitrogens with zero attached hydrogens (tertiary/aromatic N) is 1. The highest BCUT2D eigenvalue weighted by Crippen LogP contribution is 2.25. The van der Waals surface area contributed by atoms with E-state index in [0.717, 1.165) is 16.9 Å². The van der Waals surface area contributed by atoms with E-state index in [0.29, 0.717) is 13.0 Å². The number of amides is 1. The normalized spacial score (nSPS) is 13.2. The molecule has 0 aliphatic carbocycles. The van der Waals surface area contributed by atoms with Crippen molar-refractivity contribution in [2.75, 3.05) is 20.7 Å². The van der Waals surface area contributed by atoms with Crippen LogP contribution in [-0.4, -0.2) is 36.6 Å². The lowest BCUT2D eigenvalue weighted by atomic mass is 9.92. The van der Waals surface area contributed by atoms with Crippen molar-refractivity contribution >= 4 is 5.91 Å². The highest BCUT2D eigenvalue weighted by atomic mass is 16.5. The molecule has 2 aromatic rings. The van der Waals surface area contributed by atoms with Crippen molar-refractivity contribution in [2.24, 2.45) is 0 Å². The van der Waals surface area contributed by atoms with E-state index in [-0.39, 0.29) is 12.3 Å². The van der Waals surface area contributed by atoms with Gasteiger partial charge in [0.15, 0.2) is 0 Å². The van der Waals surface area contributed by atoms with Crippen LogP contribution in [-0.2, 0) is 16.8 Å². The third-order valence-corrected chi connectivity index (χ3v) is 4.23. The molecule has 0 saturated heterocycles. The van der Waals surface area contributed by atoms with E-state index in [1.807, 2.05) is 54.6 Å². The van der Waals surface area contributed by atoms with Crippen LogP contribution in [0.15, 0.2) is 54.6 Å². The topological polar surface area (TPSA) is 49.8 Å². The van der Waals surface area contributed by atoms with E-state index in [9.17, 15) is 9.90 Å². The zero-order chi connectivity index (χ0) is 17.6. The minimum absolute atomic E-state index is 0.0550. The number of carbonyl (C=O) groups excluding carboxylic acids is 1. The minimum Gasteiger partial charge on any atom is -0.496 e. The van der Waals surface area contributed by atoms with Gasteiger partial charge in [-0.05, 0) is 30.5 Å². The standard InChI is InChI=1S/C20H25NO3/c1-20(23,17-10-5-4-6-11-17)15-19(22)21(2)14-13-16-9-7-8-12-18(16)24-3/h4-12,23H,13-15H2,1-3H3. The molecule has 1 unspecified atom stereocenters. The number of hydrogen-bond acceptors (Lipinski definition) is 3. The van der Waals surface area contributed by atoms with Crippen LogP contribution < -0.4 is 4.74 Å². The Morgan fingerprint density at radius 1 is 1.12 bits per heavy atom. The molecule has 0 radical (unpaired) electrons. The first-order chi connectivity index (χ1) is 11.4. The number of rotatable bonds is 7. The summed E-state index contributed by atoms with van der Waals surface area (Å²) in [5, 5.41) is 10.6. The number of aliphatic hydroxyl groups is 1. The van der Waals surface area contributed by atoms with Gasteiger partial charge in [0.25, 0.3) is 0 Å². The summed E-state index contributed by atoms with van der Waals surface area (Å²) in [6.07, 6.45) is 0.763. The van der Waals surface area contributed by atoms with Crippen molar-refractivity contribution in [3.05, 3.63) is 65.7 Å². The second kappa shape index (κ2) is 7.97. The van der Waals surface area contributed by atoms with Gasteiger partial charge in [-0.1, -0.05) is 48.5 Å². The summed E-state index contributed by atoms with van der Waals surface area (Å²) in [7, 11) is 3.41. The van der Waals surface area contributed by atoms with E-state index in [1.54, 1.807) is 26.0 Å². The smallest absolute Gasteiger partial charge is 0.225 e. The lowest BCUT2D eigenvalue weighted by molar-refractivity contribution is -0.134. The summed E-state index contributed by atoms with van der Waals surface area (Å²) < 4.78 is 5.33. The Morgan fingerprint density at radius 2 is 1.75 bits per heavy atom. The van der Waals surface area contributed by atoms with Crippen molar-refractivity contribution in [3.63, 3.8) is 0 Å². The zero-order valence-corrected chi connectivity index (χ0v) is 14.5. The van der Waals surface area contributed by atoms with Gasteiger partial charge in [-0.2, -0.15) is 0 Å². The Hall–Kier alpha value is -2.33. The third kappa shape index (κ3) is 4.59. The molecule has 4 nitrogen and oxygen atoms in total. The average Bonchev–Trinajstić information content (AvgIpc) is 2.60. The van der Waals surface area contributed by atoms with Gasteiger partial charge in [0, 0.05) is 13.6 Å². The molecular weight excluding hydrogens is 302 g/mol. The Kier molecular flexibility index (Phi) is 5.99. The molecule has 0 aromatic heterocycles. The molecule has 2 rings (SSSR count). The number of methoxy groups -OCH3 is 1. The molecule has 1 amide bonds. The number of ether oxygens (including phenoxy) is 1. The zero-order valence-electron chi connectivity index (χ0n) is 14.5. The van der Waals surface area contributed by atoms with Crippen LogP contribution in [0.2, 0.25) is 0 Å². The van der Waals surface area contributed by atoms with Gasteiger partial charge in [0.05, 0.1) is 19.1 Å². The first-order valence-electron chi connectivity index (χ1n) is 8.08. The predicted octanol–water partition coefficient (Wildman–Crippen LogP) is 2.99. The van der Waals surface area contributed by atoms with Crippen LogP contribution in [0.5, 0.6) is 5.75 Å². The van der Waals surface area contributed by atoms with Gasteiger partial charge >= 0.3 is 0 Å². The molecule has 0 heterocycles. The summed E-state index contributed by atoms with van der Waals surface area (Å²) in [4.78, 5) is 14.1. The van der Waals surface area contributed by atoms with E-state index in [1.165, 1.54) is 0 Å². The molecule has 0 saturated carbocycles. The summed E-state index contributed by atoms with van der Waals surface area (Å²) in [6.45, 7) is 2.25. The second-order valence-electron chi connectivity index (χ2n) is 6.19. The molecule has 2 aromatic carbocycles. The Balaban J connectivity index is 1.95. The fourth-order valence-corrected chi connectivity index (χ4v) is 2.65. The second-order valence-corrected chi connectivity index (χ2v) is 6.19. The molecular formula is C20H25NO3. The van der Waals surface area contributed by atoms with Crippen LogP contribution >= 0.6 is 0 Å². The van der Waals surface area contributed by atoms with Gasteiger partial charge in [0.1, 0.15) is 5.75 Å². The van der Waals surface area contributed by atoms with Crippen molar-refractivity contribution in [3.8, 4) is 5.75 Å². The molecule has 4 heteroatoms. The Bertz CT molecular complexity index is 668. The maximum Gasteiger partial charge on any atom is 0.225 e. The molecule has 1 N–H and O–H groups in total. The van der Waals surface area contributed by atoms with Crippen molar-refractivity contribution < 1.29 is 14.6 Å². The van der Waals surface area contributed by atoms with Crippen molar-refractivity contribution in [1.82, 2.24) is 4.90 Å². The molecule has 0 aliphatic rings. The van der Waals surface area contributed by atoms with Gasteiger partial charge in [-0.15, -0.1) is 0 Å². The average molecular weight is 327 g/mol. The van der Waals surface area contributed by atoms with E-state index >= 15 is 0 Å². The fourth-order valence-electron chi connectivity index (χ4n) is 2.65. The molecule has 24 heavy (non-hydrogen) atoms. The quantitative estimate of drug-likeness (QED) is 0.850. The summed E-state index contributed by atoms with van der Waals surface area (Å²) in [5.74, 6) is 0.744. The number of benzene rings is 2. The van der Waals surface area contributed by atoms with Gasteiger partial charge in [-0.25, -0.2) is 0 Å². The Labute approximate surface area is 143 Å². The van der Waals surface area contributed by atoms with Crippen LogP contribution in [0.1, 0.15) is 24.5 Å². The minimum atomic E-state index is -1.17. The highest BCUT2D eigenvalue weighted by Gasteiger charge is 2.27. The van der Waals surface area contributed by atoms with Crippen LogP contribution in [0.25, 0.3) is 0 Å². The first kappa shape index (κ1) is 18.0. The van der Waals surface area contributed by atoms with Gasteiger partial charge in [-0.3, -0.25) is 4.79 Å². The lowest BCUT2D eigenvalue weighted by Gasteiger charge is -2.26. The molecule has 0 bridgehead atoms. The molecule has 0 aliphatic heterocycles. The number of hydrogen-bond donors (Lipinski definition) is 1. The fraction of sp³-hybridized carbons (Fsp3) is 0.350. The molecule has 0 spiro atoms. The van der Waals surface area contributed by atoms with E-state index in [2.05, 4.69) is 0 Å². The summed E-state index contributed by atoms with van der Waals surface area (Å²) in [5.41, 5.74) is 0.641. The third-order valence-electron chi connectivity index (χ3n) is 4.23. The highest BCUT2D eigenvalue weighted by molar-refractivity contribution is 5.77. The predicted molar refractivity (Wildman–Crippen MR) is 95.0 cm³/mol. The van der Waals surface area contributed by atoms with Gasteiger partial charge in [0.2, 0.25) is 5.91 Å². The van der Waals surface area contributed by atoms with Crippen LogP contribution in [0.3, 0.4) is 0 Å². The number of carbonyl (C=O) groups is 1. The van der Waals surface area contributed by atoms with E-state index < -0.39 is 5.60 Å². The van der Waals surface area contributed by atoms with Crippen LogP contribution in [0.4, 0.5) is 0 Å². The Morgan fingerprint density at radius 3 is 2.42 bits per heavy atom. The van der Waals surface area contributed by atoms with Gasteiger partial charge < -0.3 is 14.7 Å². The molecule has 0 fully saturated rings. The van der Waals surface area contributed by atoms with Crippen molar-refractivity contribution in [1.29, 1.82) is 0 Å². The van der Waals surface area contributed by atoms with Crippen molar-refractivity contribution in [2.45, 2.75) is 25.4 Å². The molecule has 1 atom stereocenters. The van der Waals surface area contributed by atoms with E-state index in [4.69, 9.17) is 4.74 Å². The van der Waals surface area contributed by atoms with Crippen LogP contribution in [0, 0.1) is 0 Å². The summed E-state index contributed by atoms with van der Waals surface area (Å²) >= 11 is 0. The summed E-state index contributed by atoms with van der Waals surface area (Å²) in [6, 6.07) is 17.1. The largest absolute Gasteiger partial charge is 0.496 e. The number of para-hydroxylation sites is 1. The SMILES string of the molecule is COc1ccccc1CCN(C)C(=O)CC(C)(O)c1ccccc1. The first-order valence-corrected chi connectivity index (χ1v) is 8.08. The molecule has 128 valence electrons. The maximum absolute atomic E-state index is 12.4. The maximum atomic E-state index is 12.4. The lowest BCUT2D eigenvalue weighted by Crippen LogP contribution is -2.35. The number of likely N-dealkylation sites (N-methyl/N-ethyl adjacent to an activating group) is 1.